The molecule has 2 aromatic rings. The van der Waals surface area contributed by atoms with Crippen LogP contribution in [0.25, 0.3) is 0 Å². The maximum absolute atomic E-state index is 13.1. The maximum atomic E-state index is 13.1. The standard InChI is InChI=1S/C24H31FN2O3S/c1-5-17(2)26-24(29)18(3)27(14-20-7-6-8-22(13-20)30-4)23(28)16-31-15-19-9-11-21(25)12-10-19/h6-13,17-18H,5,14-16H2,1-4H3,(H,26,29)/t17-,18-/m0/s1. The number of hydrogen-bond donors (Lipinski definition) is 1. The lowest BCUT2D eigenvalue weighted by molar-refractivity contribution is -0.138. The first-order valence-electron chi connectivity index (χ1n) is 10.4. The molecule has 0 aliphatic rings. The van der Waals surface area contributed by atoms with Crippen molar-refractivity contribution in [3.8, 4) is 5.75 Å². The largest absolute Gasteiger partial charge is 0.497 e. The Morgan fingerprint density at radius 3 is 2.48 bits per heavy atom. The van der Waals surface area contributed by atoms with Gasteiger partial charge >= 0.3 is 0 Å². The number of rotatable bonds is 11. The highest BCUT2D eigenvalue weighted by atomic mass is 32.2. The fraction of sp³-hybridized carbons (Fsp3) is 0.417. The predicted molar refractivity (Wildman–Crippen MR) is 123 cm³/mol. The molecule has 2 atom stereocenters. The minimum Gasteiger partial charge on any atom is -0.497 e. The van der Waals surface area contributed by atoms with Crippen LogP contribution in [0.3, 0.4) is 0 Å². The van der Waals surface area contributed by atoms with Gasteiger partial charge in [0.1, 0.15) is 17.6 Å². The fourth-order valence-corrected chi connectivity index (χ4v) is 3.81. The van der Waals surface area contributed by atoms with Crippen LogP contribution in [-0.4, -0.2) is 41.7 Å². The Bertz CT molecular complexity index is 860. The lowest BCUT2D eigenvalue weighted by Gasteiger charge is -2.29. The molecule has 168 valence electrons. The molecule has 2 rings (SSSR count). The number of nitrogens with zero attached hydrogens (tertiary/aromatic N) is 1. The Balaban J connectivity index is 2.09. The number of amides is 2. The Kier molecular flexibility index (Phi) is 9.85. The first kappa shape index (κ1) is 24.7. The molecule has 0 unspecified atom stereocenters. The summed E-state index contributed by atoms with van der Waals surface area (Å²) in [5.41, 5.74) is 1.83. The summed E-state index contributed by atoms with van der Waals surface area (Å²) in [6.45, 7) is 6.00. The van der Waals surface area contributed by atoms with Gasteiger partial charge in [-0.25, -0.2) is 4.39 Å². The zero-order valence-electron chi connectivity index (χ0n) is 18.6. The van der Waals surface area contributed by atoms with Crippen molar-refractivity contribution < 1.29 is 18.7 Å². The number of nitrogens with one attached hydrogen (secondary N) is 1. The molecule has 0 radical (unpaired) electrons. The Morgan fingerprint density at radius 1 is 1.13 bits per heavy atom. The summed E-state index contributed by atoms with van der Waals surface area (Å²) >= 11 is 1.44. The van der Waals surface area contributed by atoms with E-state index in [-0.39, 0.29) is 29.4 Å². The number of benzene rings is 2. The van der Waals surface area contributed by atoms with Crippen LogP contribution in [0.4, 0.5) is 4.39 Å². The number of ether oxygens (including phenoxy) is 1. The summed E-state index contributed by atoms with van der Waals surface area (Å²) in [5.74, 6) is 0.938. The molecule has 5 nitrogen and oxygen atoms in total. The van der Waals surface area contributed by atoms with E-state index in [1.54, 1.807) is 31.1 Å². The van der Waals surface area contributed by atoms with E-state index in [0.717, 1.165) is 17.5 Å². The van der Waals surface area contributed by atoms with Crippen molar-refractivity contribution in [3.63, 3.8) is 0 Å². The van der Waals surface area contributed by atoms with E-state index in [4.69, 9.17) is 4.74 Å². The molecule has 0 heterocycles. The third kappa shape index (κ3) is 7.90. The second kappa shape index (κ2) is 12.3. The summed E-state index contributed by atoms with van der Waals surface area (Å²) in [4.78, 5) is 27.4. The van der Waals surface area contributed by atoms with E-state index < -0.39 is 6.04 Å². The molecule has 0 aliphatic carbocycles. The van der Waals surface area contributed by atoms with Crippen molar-refractivity contribution in [3.05, 3.63) is 65.5 Å². The van der Waals surface area contributed by atoms with Gasteiger partial charge in [-0.1, -0.05) is 31.2 Å². The van der Waals surface area contributed by atoms with Crippen molar-refractivity contribution in [2.45, 2.75) is 51.6 Å². The van der Waals surface area contributed by atoms with Gasteiger partial charge in [0.05, 0.1) is 12.9 Å². The van der Waals surface area contributed by atoms with Gasteiger partial charge in [0.25, 0.3) is 0 Å². The van der Waals surface area contributed by atoms with Crippen LogP contribution in [0, 0.1) is 5.82 Å². The minimum atomic E-state index is -0.612. The van der Waals surface area contributed by atoms with Gasteiger partial charge in [0.15, 0.2) is 0 Å². The van der Waals surface area contributed by atoms with E-state index >= 15 is 0 Å². The van der Waals surface area contributed by atoms with Crippen LogP contribution >= 0.6 is 11.8 Å². The number of carbonyl (C=O) groups excluding carboxylic acids is 2. The molecule has 0 fully saturated rings. The van der Waals surface area contributed by atoms with E-state index in [1.165, 1.54) is 23.9 Å². The van der Waals surface area contributed by atoms with Crippen molar-refractivity contribution >= 4 is 23.6 Å². The van der Waals surface area contributed by atoms with Gasteiger partial charge in [-0.15, -0.1) is 11.8 Å². The van der Waals surface area contributed by atoms with E-state index in [0.29, 0.717) is 18.0 Å². The first-order chi connectivity index (χ1) is 14.8. The number of hydrogen-bond acceptors (Lipinski definition) is 4. The topological polar surface area (TPSA) is 58.6 Å². The highest BCUT2D eigenvalue weighted by Crippen LogP contribution is 2.19. The maximum Gasteiger partial charge on any atom is 0.242 e. The van der Waals surface area contributed by atoms with Crippen LogP contribution in [0.5, 0.6) is 5.75 Å². The average molecular weight is 447 g/mol. The van der Waals surface area contributed by atoms with Crippen LogP contribution in [-0.2, 0) is 21.9 Å². The molecule has 0 bridgehead atoms. The van der Waals surface area contributed by atoms with Gasteiger partial charge in [-0.3, -0.25) is 9.59 Å². The molecular weight excluding hydrogens is 415 g/mol. The minimum absolute atomic E-state index is 0.0385. The molecule has 0 spiro atoms. The second-order valence-corrected chi connectivity index (χ2v) is 8.47. The quantitative estimate of drug-likeness (QED) is 0.556. The Hall–Kier alpha value is -2.54. The molecular formula is C24H31FN2O3S. The average Bonchev–Trinajstić information content (AvgIpc) is 2.78. The molecule has 2 aromatic carbocycles. The molecule has 0 aromatic heterocycles. The summed E-state index contributed by atoms with van der Waals surface area (Å²) in [6, 6.07) is 13.2. The van der Waals surface area contributed by atoms with Gasteiger partial charge in [-0.2, -0.15) is 0 Å². The van der Waals surface area contributed by atoms with Crippen LogP contribution in [0.15, 0.2) is 48.5 Å². The van der Waals surface area contributed by atoms with E-state index in [1.807, 2.05) is 38.1 Å². The van der Waals surface area contributed by atoms with Gasteiger partial charge in [0.2, 0.25) is 11.8 Å². The number of methoxy groups -OCH3 is 1. The summed E-state index contributed by atoms with van der Waals surface area (Å²) in [7, 11) is 1.59. The molecule has 0 saturated heterocycles. The Morgan fingerprint density at radius 2 is 1.84 bits per heavy atom. The molecule has 31 heavy (non-hydrogen) atoms. The lowest BCUT2D eigenvalue weighted by atomic mass is 10.1. The molecule has 2 amide bonds. The molecule has 0 saturated carbocycles. The zero-order chi connectivity index (χ0) is 22.8. The van der Waals surface area contributed by atoms with Crippen LogP contribution in [0.1, 0.15) is 38.3 Å². The van der Waals surface area contributed by atoms with E-state index in [2.05, 4.69) is 5.32 Å². The normalized spacial score (nSPS) is 12.7. The first-order valence-corrected chi connectivity index (χ1v) is 11.5. The van der Waals surface area contributed by atoms with Crippen molar-refractivity contribution in [1.29, 1.82) is 0 Å². The second-order valence-electron chi connectivity index (χ2n) is 7.49. The SMILES string of the molecule is CC[C@H](C)NC(=O)[C@H](C)N(Cc1cccc(OC)c1)C(=O)CSCc1ccc(F)cc1. The monoisotopic (exact) mass is 446 g/mol. The Labute approximate surface area is 188 Å². The van der Waals surface area contributed by atoms with Gasteiger partial charge in [-0.05, 0) is 55.7 Å². The van der Waals surface area contributed by atoms with Crippen LogP contribution in [0.2, 0.25) is 0 Å². The van der Waals surface area contributed by atoms with Crippen molar-refractivity contribution in [1.82, 2.24) is 10.2 Å². The summed E-state index contributed by atoms with van der Waals surface area (Å²) in [6.07, 6.45) is 0.815. The number of carbonyl (C=O) groups is 2. The highest BCUT2D eigenvalue weighted by Gasteiger charge is 2.26. The van der Waals surface area contributed by atoms with E-state index in [9.17, 15) is 14.0 Å². The molecule has 7 heteroatoms. The van der Waals surface area contributed by atoms with Crippen LogP contribution < -0.4 is 10.1 Å². The highest BCUT2D eigenvalue weighted by molar-refractivity contribution is 7.99. The fourth-order valence-electron chi connectivity index (χ4n) is 2.94. The summed E-state index contributed by atoms with van der Waals surface area (Å²) < 4.78 is 18.4. The van der Waals surface area contributed by atoms with Crippen molar-refractivity contribution in [2.24, 2.45) is 0 Å². The smallest absolute Gasteiger partial charge is 0.242 e. The zero-order valence-corrected chi connectivity index (χ0v) is 19.4. The number of halogens is 1. The molecule has 1 N–H and O–H groups in total. The van der Waals surface area contributed by atoms with Gasteiger partial charge < -0.3 is 15.0 Å². The third-order valence-corrected chi connectivity index (χ3v) is 6.05. The van der Waals surface area contributed by atoms with Gasteiger partial charge in [0, 0.05) is 18.3 Å². The molecule has 0 aliphatic heterocycles. The third-order valence-electron chi connectivity index (χ3n) is 5.06. The number of thioether (sulfide) groups is 1. The predicted octanol–water partition coefficient (Wildman–Crippen LogP) is 4.40. The lowest BCUT2D eigenvalue weighted by Crippen LogP contribution is -2.50. The summed E-state index contributed by atoms with van der Waals surface area (Å²) in [5, 5.41) is 2.96. The van der Waals surface area contributed by atoms with Crippen molar-refractivity contribution in [2.75, 3.05) is 12.9 Å².